The van der Waals surface area contributed by atoms with E-state index < -0.39 is 0 Å². The highest BCUT2D eigenvalue weighted by Crippen LogP contribution is 2.19. The Kier molecular flexibility index (Phi) is 6.09. The quantitative estimate of drug-likeness (QED) is 0.546. The molecule has 0 saturated carbocycles. The molecule has 3 rings (SSSR count). The van der Waals surface area contributed by atoms with Gasteiger partial charge in [-0.25, -0.2) is 9.38 Å². The van der Waals surface area contributed by atoms with Gasteiger partial charge >= 0.3 is 0 Å². The van der Waals surface area contributed by atoms with E-state index in [0.29, 0.717) is 12.5 Å². The Morgan fingerprint density at radius 1 is 1.31 bits per heavy atom. The molecule has 1 aromatic carbocycles. The number of guanidine groups is 1. The molecular formula is C19H26FN5O. The fourth-order valence-electron chi connectivity index (χ4n) is 3.23. The third-order valence-electron chi connectivity index (χ3n) is 4.59. The second-order valence-corrected chi connectivity index (χ2v) is 6.46. The summed E-state index contributed by atoms with van der Waals surface area (Å²) in [6, 6.07) is 4.75. The highest BCUT2D eigenvalue weighted by Gasteiger charge is 2.17. The standard InChI is InChI=1S/C19H26FN5O/c1-2-21-19(24-13-18(26)25-9-3-4-10-25)22-8-7-14-12-23-17-6-5-15(20)11-16(14)17/h5-6,11-12,23H,2-4,7-10,13H2,1H3,(H2,21,22,24). The highest BCUT2D eigenvalue weighted by atomic mass is 19.1. The first kappa shape index (κ1) is 18.2. The number of hydrogen-bond acceptors (Lipinski definition) is 2. The van der Waals surface area contributed by atoms with E-state index in [1.807, 2.05) is 18.0 Å². The molecule has 0 atom stereocenters. The first-order valence-corrected chi connectivity index (χ1v) is 9.23. The number of aromatic amines is 1. The van der Waals surface area contributed by atoms with E-state index in [9.17, 15) is 9.18 Å². The maximum atomic E-state index is 13.5. The number of halogens is 1. The highest BCUT2D eigenvalue weighted by molar-refractivity contribution is 5.85. The van der Waals surface area contributed by atoms with E-state index in [0.717, 1.165) is 55.4 Å². The second-order valence-electron chi connectivity index (χ2n) is 6.46. The lowest BCUT2D eigenvalue weighted by Crippen LogP contribution is -2.39. The number of fused-ring (bicyclic) bond motifs is 1. The number of carbonyl (C=O) groups excluding carboxylic acids is 1. The first-order chi connectivity index (χ1) is 12.7. The van der Waals surface area contributed by atoms with Crippen LogP contribution in [-0.2, 0) is 11.2 Å². The Labute approximate surface area is 152 Å². The van der Waals surface area contributed by atoms with Crippen LogP contribution in [0.5, 0.6) is 0 Å². The Morgan fingerprint density at radius 2 is 2.12 bits per heavy atom. The minimum atomic E-state index is -0.235. The predicted octanol–water partition coefficient (Wildman–Crippen LogP) is 2.03. The molecule has 7 heteroatoms. The summed E-state index contributed by atoms with van der Waals surface area (Å²) < 4.78 is 13.5. The average Bonchev–Trinajstić information content (AvgIpc) is 3.29. The lowest BCUT2D eigenvalue weighted by Gasteiger charge is -2.15. The van der Waals surface area contributed by atoms with E-state index in [1.165, 1.54) is 6.07 Å². The predicted molar refractivity (Wildman–Crippen MR) is 102 cm³/mol. The first-order valence-electron chi connectivity index (χ1n) is 9.23. The normalized spacial score (nSPS) is 14.8. The van der Waals surface area contributed by atoms with Crippen molar-refractivity contribution in [2.45, 2.75) is 26.2 Å². The maximum Gasteiger partial charge on any atom is 0.244 e. The van der Waals surface area contributed by atoms with Crippen molar-refractivity contribution in [1.29, 1.82) is 0 Å². The van der Waals surface area contributed by atoms with Crippen LogP contribution >= 0.6 is 0 Å². The number of benzene rings is 1. The van der Waals surface area contributed by atoms with Gasteiger partial charge in [0.05, 0.1) is 0 Å². The van der Waals surface area contributed by atoms with Crippen LogP contribution in [0.1, 0.15) is 25.3 Å². The number of aromatic nitrogens is 1. The minimum Gasteiger partial charge on any atom is -0.361 e. The number of hydrogen-bond donors (Lipinski definition) is 3. The molecule has 140 valence electrons. The third-order valence-corrected chi connectivity index (χ3v) is 4.59. The molecule has 2 aromatic rings. The molecule has 6 nitrogen and oxygen atoms in total. The summed E-state index contributed by atoms with van der Waals surface area (Å²) in [6.45, 7) is 5.20. The van der Waals surface area contributed by atoms with Crippen molar-refractivity contribution in [3.8, 4) is 0 Å². The lowest BCUT2D eigenvalue weighted by molar-refractivity contribution is -0.128. The second kappa shape index (κ2) is 8.69. The molecule has 1 aliphatic rings. The Morgan fingerprint density at radius 3 is 2.88 bits per heavy atom. The largest absolute Gasteiger partial charge is 0.361 e. The summed E-state index contributed by atoms with van der Waals surface area (Å²) in [4.78, 5) is 21.5. The van der Waals surface area contributed by atoms with Gasteiger partial charge in [0.2, 0.25) is 5.91 Å². The van der Waals surface area contributed by atoms with Crippen molar-refractivity contribution in [3.63, 3.8) is 0 Å². The lowest BCUT2D eigenvalue weighted by atomic mass is 10.1. The van der Waals surface area contributed by atoms with E-state index in [4.69, 9.17) is 0 Å². The van der Waals surface area contributed by atoms with Crippen LogP contribution in [0, 0.1) is 5.82 Å². The number of amides is 1. The summed E-state index contributed by atoms with van der Waals surface area (Å²) in [5.41, 5.74) is 1.98. The van der Waals surface area contributed by atoms with Gasteiger partial charge in [-0.05, 0) is 49.9 Å². The maximum absolute atomic E-state index is 13.5. The monoisotopic (exact) mass is 359 g/mol. The number of likely N-dealkylation sites (tertiary alicyclic amines) is 1. The molecule has 26 heavy (non-hydrogen) atoms. The topological polar surface area (TPSA) is 72.5 Å². The van der Waals surface area contributed by atoms with Crippen LogP contribution in [0.25, 0.3) is 10.9 Å². The van der Waals surface area contributed by atoms with Gasteiger partial charge in [-0.15, -0.1) is 0 Å². The van der Waals surface area contributed by atoms with Gasteiger partial charge in [0, 0.05) is 43.3 Å². The van der Waals surface area contributed by atoms with Crippen molar-refractivity contribution in [2.75, 3.05) is 32.7 Å². The van der Waals surface area contributed by atoms with Crippen LogP contribution in [0.15, 0.2) is 29.4 Å². The summed E-state index contributed by atoms with van der Waals surface area (Å²) in [5, 5.41) is 7.30. The fraction of sp³-hybridized carbons (Fsp3) is 0.474. The van der Waals surface area contributed by atoms with E-state index in [2.05, 4.69) is 20.6 Å². The van der Waals surface area contributed by atoms with Crippen LogP contribution < -0.4 is 10.6 Å². The molecule has 0 radical (unpaired) electrons. The van der Waals surface area contributed by atoms with Crippen molar-refractivity contribution in [2.24, 2.45) is 4.99 Å². The zero-order chi connectivity index (χ0) is 18.4. The van der Waals surface area contributed by atoms with Gasteiger partial charge < -0.3 is 20.5 Å². The Balaban J connectivity index is 1.55. The van der Waals surface area contributed by atoms with Crippen LogP contribution in [0.4, 0.5) is 4.39 Å². The summed E-state index contributed by atoms with van der Waals surface area (Å²) in [5.74, 6) is 0.472. The number of aliphatic imine (C=N–C) groups is 1. The van der Waals surface area contributed by atoms with E-state index >= 15 is 0 Å². The number of nitrogens with one attached hydrogen (secondary N) is 3. The molecule has 1 aromatic heterocycles. The number of H-pyrrole nitrogens is 1. The SMILES string of the molecule is CCNC(=NCC(=O)N1CCCC1)NCCc1c[nH]c2ccc(F)cc12. The number of nitrogens with zero attached hydrogens (tertiary/aromatic N) is 2. The molecule has 0 spiro atoms. The zero-order valence-electron chi connectivity index (χ0n) is 15.1. The molecule has 2 heterocycles. The molecule has 1 amide bonds. The number of carbonyl (C=O) groups is 1. The molecule has 1 saturated heterocycles. The van der Waals surface area contributed by atoms with Gasteiger partial charge in [0.1, 0.15) is 12.4 Å². The molecule has 1 aliphatic heterocycles. The minimum absolute atomic E-state index is 0.0757. The van der Waals surface area contributed by atoms with E-state index in [1.54, 1.807) is 12.1 Å². The molecule has 1 fully saturated rings. The van der Waals surface area contributed by atoms with Gasteiger partial charge in [0.25, 0.3) is 0 Å². The average molecular weight is 359 g/mol. The summed E-state index contributed by atoms with van der Waals surface area (Å²) in [7, 11) is 0. The molecule has 0 aliphatic carbocycles. The van der Waals surface area contributed by atoms with Crippen molar-refractivity contribution < 1.29 is 9.18 Å². The molecule has 0 unspecified atom stereocenters. The van der Waals surface area contributed by atoms with Crippen molar-refractivity contribution in [1.82, 2.24) is 20.5 Å². The Bertz CT molecular complexity index is 779. The van der Waals surface area contributed by atoms with Crippen LogP contribution in [0.3, 0.4) is 0 Å². The van der Waals surface area contributed by atoms with Crippen LogP contribution in [-0.4, -0.2) is 54.5 Å². The van der Waals surface area contributed by atoms with Gasteiger partial charge in [0.15, 0.2) is 5.96 Å². The zero-order valence-corrected chi connectivity index (χ0v) is 15.1. The fourth-order valence-corrected chi connectivity index (χ4v) is 3.23. The van der Waals surface area contributed by atoms with Gasteiger partial charge in [-0.1, -0.05) is 0 Å². The molecular weight excluding hydrogens is 333 g/mol. The summed E-state index contributed by atoms with van der Waals surface area (Å²) >= 11 is 0. The smallest absolute Gasteiger partial charge is 0.244 e. The van der Waals surface area contributed by atoms with Crippen molar-refractivity contribution in [3.05, 3.63) is 35.8 Å². The Hall–Kier alpha value is -2.57. The van der Waals surface area contributed by atoms with Gasteiger partial charge in [-0.3, -0.25) is 4.79 Å². The summed E-state index contributed by atoms with van der Waals surface area (Å²) in [6.07, 6.45) is 4.80. The van der Waals surface area contributed by atoms with Crippen molar-refractivity contribution >= 4 is 22.8 Å². The third kappa shape index (κ3) is 4.53. The van der Waals surface area contributed by atoms with E-state index in [-0.39, 0.29) is 18.3 Å². The van der Waals surface area contributed by atoms with Crippen LogP contribution in [0.2, 0.25) is 0 Å². The number of rotatable bonds is 6. The van der Waals surface area contributed by atoms with Gasteiger partial charge in [-0.2, -0.15) is 0 Å². The molecule has 3 N–H and O–H groups in total. The molecule has 0 bridgehead atoms.